The molecule has 0 saturated heterocycles. The molecule has 16 heavy (non-hydrogen) atoms. The van der Waals surface area contributed by atoms with E-state index in [1.165, 1.54) is 0 Å². The number of aryl methyl sites for hydroxylation is 1. The summed E-state index contributed by atoms with van der Waals surface area (Å²) < 4.78 is 0. The first-order valence-electron chi connectivity index (χ1n) is 5.35. The molecule has 0 amide bonds. The van der Waals surface area contributed by atoms with Crippen molar-refractivity contribution >= 4 is 11.0 Å². The van der Waals surface area contributed by atoms with E-state index in [-0.39, 0.29) is 0 Å². The Kier molecular flexibility index (Phi) is 1.99. The standard InChI is InChI=1S/C12H12N4/c1-2-9-3-4-10-11(8-5-6-13-7-8)15-16-12(10)14-9/h3-7,13H,2H2,1H3,(H,14,15,16). The molecule has 0 aromatic carbocycles. The highest BCUT2D eigenvalue weighted by Gasteiger charge is 2.08. The zero-order valence-electron chi connectivity index (χ0n) is 8.99. The predicted molar refractivity (Wildman–Crippen MR) is 63.1 cm³/mol. The largest absolute Gasteiger partial charge is 0.367 e. The number of hydrogen-bond donors (Lipinski definition) is 2. The van der Waals surface area contributed by atoms with Crippen LogP contribution in [-0.4, -0.2) is 20.2 Å². The zero-order chi connectivity index (χ0) is 11.0. The van der Waals surface area contributed by atoms with E-state index in [4.69, 9.17) is 0 Å². The molecule has 0 spiro atoms. The summed E-state index contributed by atoms with van der Waals surface area (Å²) in [6.45, 7) is 2.09. The monoisotopic (exact) mass is 212 g/mol. The van der Waals surface area contributed by atoms with Crippen molar-refractivity contribution < 1.29 is 0 Å². The first-order chi connectivity index (χ1) is 7.88. The minimum atomic E-state index is 0.788. The summed E-state index contributed by atoms with van der Waals surface area (Å²) in [6, 6.07) is 6.14. The third-order valence-electron chi connectivity index (χ3n) is 2.72. The third kappa shape index (κ3) is 1.31. The van der Waals surface area contributed by atoms with Gasteiger partial charge in [0.05, 0.1) is 5.69 Å². The van der Waals surface area contributed by atoms with Crippen LogP contribution in [0, 0.1) is 0 Å². The SMILES string of the molecule is CCc1ccc2c(-c3cc[nH]c3)[nH]nc2n1. The summed E-state index contributed by atoms with van der Waals surface area (Å²) in [7, 11) is 0. The number of aromatic nitrogens is 4. The van der Waals surface area contributed by atoms with Crippen molar-refractivity contribution in [3.8, 4) is 11.3 Å². The van der Waals surface area contributed by atoms with Gasteiger partial charge in [-0.1, -0.05) is 6.92 Å². The Morgan fingerprint density at radius 3 is 2.94 bits per heavy atom. The van der Waals surface area contributed by atoms with Gasteiger partial charge in [-0.05, 0) is 24.6 Å². The highest BCUT2D eigenvalue weighted by atomic mass is 15.1. The van der Waals surface area contributed by atoms with Crippen LogP contribution < -0.4 is 0 Å². The Labute approximate surface area is 92.7 Å². The molecule has 3 aromatic heterocycles. The lowest BCUT2D eigenvalue weighted by Crippen LogP contribution is -1.86. The van der Waals surface area contributed by atoms with Crippen LogP contribution in [0.1, 0.15) is 12.6 Å². The van der Waals surface area contributed by atoms with Gasteiger partial charge >= 0.3 is 0 Å². The average molecular weight is 212 g/mol. The number of H-pyrrole nitrogens is 2. The lowest BCUT2D eigenvalue weighted by atomic mass is 10.1. The first kappa shape index (κ1) is 9.15. The van der Waals surface area contributed by atoms with Gasteiger partial charge in [-0.25, -0.2) is 4.98 Å². The van der Waals surface area contributed by atoms with E-state index in [1.54, 1.807) is 0 Å². The van der Waals surface area contributed by atoms with Crippen molar-refractivity contribution in [2.24, 2.45) is 0 Å². The Morgan fingerprint density at radius 1 is 1.25 bits per heavy atom. The first-order valence-corrected chi connectivity index (χ1v) is 5.35. The second kappa shape index (κ2) is 3.48. The quantitative estimate of drug-likeness (QED) is 0.685. The molecule has 2 N–H and O–H groups in total. The van der Waals surface area contributed by atoms with Gasteiger partial charge in [0.15, 0.2) is 5.65 Å². The van der Waals surface area contributed by atoms with Gasteiger partial charge in [0.2, 0.25) is 0 Å². The number of fused-ring (bicyclic) bond motifs is 1. The normalized spacial score (nSPS) is 11.1. The van der Waals surface area contributed by atoms with Crippen LogP contribution in [0.15, 0.2) is 30.6 Å². The smallest absolute Gasteiger partial charge is 0.181 e. The summed E-state index contributed by atoms with van der Waals surface area (Å²) in [5.74, 6) is 0. The Hall–Kier alpha value is -2.10. The maximum Gasteiger partial charge on any atom is 0.181 e. The zero-order valence-corrected chi connectivity index (χ0v) is 8.99. The molecule has 0 bridgehead atoms. The number of nitrogens with one attached hydrogen (secondary N) is 2. The maximum atomic E-state index is 4.47. The summed E-state index contributed by atoms with van der Waals surface area (Å²) in [6.07, 6.45) is 4.78. The highest BCUT2D eigenvalue weighted by Crippen LogP contribution is 2.24. The molecular formula is C12H12N4. The average Bonchev–Trinajstić information content (AvgIpc) is 2.96. The summed E-state index contributed by atoms with van der Waals surface area (Å²) in [5.41, 5.74) is 3.98. The molecule has 0 fully saturated rings. The lowest BCUT2D eigenvalue weighted by molar-refractivity contribution is 1.03. The number of pyridine rings is 1. The molecule has 0 atom stereocenters. The number of nitrogens with zero attached hydrogens (tertiary/aromatic N) is 2. The van der Waals surface area contributed by atoms with Gasteiger partial charge in [0, 0.05) is 29.0 Å². The van der Waals surface area contributed by atoms with Crippen molar-refractivity contribution in [2.45, 2.75) is 13.3 Å². The van der Waals surface area contributed by atoms with Gasteiger partial charge in [-0.15, -0.1) is 0 Å². The number of aromatic amines is 2. The van der Waals surface area contributed by atoms with Crippen LogP contribution in [0.25, 0.3) is 22.3 Å². The molecule has 3 rings (SSSR count). The van der Waals surface area contributed by atoms with E-state index >= 15 is 0 Å². The van der Waals surface area contributed by atoms with E-state index in [0.717, 1.165) is 34.4 Å². The van der Waals surface area contributed by atoms with Crippen molar-refractivity contribution in [3.63, 3.8) is 0 Å². The van der Waals surface area contributed by atoms with Crippen LogP contribution in [0.2, 0.25) is 0 Å². The fourth-order valence-electron chi connectivity index (χ4n) is 1.83. The molecule has 0 aliphatic rings. The minimum Gasteiger partial charge on any atom is -0.367 e. The summed E-state index contributed by atoms with van der Waals surface area (Å²) >= 11 is 0. The summed E-state index contributed by atoms with van der Waals surface area (Å²) in [5, 5.41) is 8.33. The highest BCUT2D eigenvalue weighted by molar-refractivity contribution is 5.90. The molecule has 4 nitrogen and oxygen atoms in total. The van der Waals surface area contributed by atoms with Gasteiger partial charge in [-0.3, -0.25) is 5.10 Å². The molecule has 4 heteroatoms. The van der Waals surface area contributed by atoms with Crippen LogP contribution >= 0.6 is 0 Å². The van der Waals surface area contributed by atoms with E-state index < -0.39 is 0 Å². The van der Waals surface area contributed by atoms with Crippen LogP contribution in [0.3, 0.4) is 0 Å². The molecule has 0 unspecified atom stereocenters. The lowest BCUT2D eigenvalue weighted by Gasteiger charge is -1.96. The Bertz CT molecular complexity index is 607. The molecule has 3 aromatic rings. The van der Waals surface area contributed by atoms with E-state index in [9.17, 15) is 0 Å². The van der Waals surface area contributed by atoms with E-state index in [2.05, 4.69) is 33.2 Å². The summed E-state index contributed by atoms with van der Waals surface area (Å²) in [4.78, 5) is 7.51. The molecule has 0 aliphatic heterocycles. The Balaban J connectivity index is 2.21. The fourth-order valence-corrected chi connectivity index (χ4v) is 1.83. The second-order valence-corrected chi connectivity index (χ2v) is 3.73. The van der Waals surface area contributed by atoms with Crippen LogP contribution in [0.4, 0.5) is 0 Å². The number of hydrogen-bond acceptors (Lipinski definition) is 2. The van der Waals surface area contributed by atoms with Crippen LogP contribution in [-0.2, 0) is 6.42 Å². The van der Waals surface area contributed by atoms with Crippen molar-refractivity contribution in [2.75, 3.05) is 0 Å². The van der Waals surface area contributed by atoms with Gasteiger partial charge in [0.25, 0.3) is 0 Å². The van der Waals surface area contributed by atoms with Gasteiger partial charge in [0.1, 0.15) is 0 Å². The fraction of sp³-hybridized carbons (Fsp3) is 0.167. The van der Waals surface area contributed by atoms with Gasteiger partial charge < -0.3 is 4.98 Å². The number of rotatable bonds is 2. The van der Waals surface area contributed by atoms with E-state index in [1.807, 2.05) is 24.5 Å². The molecule has 80 valence electrons. The predicted octanol–water partition coefficient (Wildman–Crippen LogP) is 2.52. The van der Waals surface area contributed by atoms with Gasteiger partial charge in [-0.2, -0.15) is 5.10 Å². The second-order valence-electron chi connectivity index (χ2n) is 3.73. The van der Waals surface area contributed by atoms with Crippen LogP contribution in [0.5, 0.6) is 0 Å². The Morgan fingerprint density at radius 2 is 2.19 bits per heavy atom. The van der Waals surface area contributed by atoms with E-state index in [0.29, 0.717) is 0 Å². The minimum absolute atomic E-state index is 0.788. The van der Waals surface area contributed by atoms with Crippen molar-refractivity contribution in [1.82, 2.24) is 20.2 Å². The maximum absolute atomic E-state index is 4.47. The molecule has 0 aliphatic carbocycles. The molecule has 0 radical (unpaired) electrons. The molecular weight excluding hydrogens is 200 g/mol. The van der Waals surface area contributed by atoms with Crippen molar-refractivity contribution in [3.05, 3.63) is 36.3 Å². The molecule has 0 saturated carbocycles. The van der Waals surface area contributed by atoms with Crippen molar-refractivity contribution in [1.29, 1.82) is 0 Å². The topological polar surface area (TPSA) is 57.4 Å². The third-order valence-corrected chi connectivity index (χ3v) is 2.72. The molecule has 3 heterocycles.